The summed E-state index contributed by atoms with van der Waals surface area (Å²) in [5, 5.41) is 9.87. The molecule has 0 aromatic rings. The fraction of sp³-hybridized carbons (Fsp3) is 0.923. The van der Waals surface area contributed by atoms with Crippen LogP contribution < -0.4 is 5.73 Å². The van der Waals surface area contributed by atoms with E-state index < -0.39 is 16.6 Å². The Labute approximate surface area is 104 Å². The molecule has 1 aliphatic rings. The Bertz CT molecular complexity index is 293. The molecular formula is C13H26N2O2. The van der Waals surface area contributed by atoms with E-state index in [-0.39, 0.29) is 5.91 Å². The zero-order valence-electron chi connectivity index (χ0n) is 11.7. The van der Waals surface area contributed by atoms with Gasteiger partial charge in [-0.25, -0.2) is 0 Å². The van der Waals surface area contributed by atoms with Crippen molar-refractivity contribution in [1.29, 1.82) is 0 Å². The van der Waals surface area contributed by atoms with Gasteiger partial charge in [-0.1, -0.05) is 0 Å². The van der Waals surface area contributed by atoms with Gasteiger partial charge in [0.25, 0.3) is 0 Å². The molecule has 3 N–H and O–H groups in total. The Balaban J connectivity index is 2.73. The van der Waals surface area contributed by atoms with Gasteiger partial charge in [0.05, 0.1) is 11.0 Å². The van der Waals surface area contributed by atoms with Crippen molar-refractivity contribution in [1.82, 2.24) is 4.90 Å². The molecule has 4 nitrogen and oxygen atoms in total. The lowest BCUT2D eigenvalue weighted by molar-refractivity contribution is -0.147. The minimum atomic E-state index is -0.626. The van der Waals surface area contributed by atoms with Crippen molar-refractivity contribution in [2.24, 2.45) is 11.1 Å². The number of nitrogens with two attached hydrogens (primary N) is 1. The first kappa shape index (κ1) is 14.5. The van der Waals surface area contributed by atoms with Crippen molar-refractivity contribution in [2.75, 3.05) is 13.1 Å². The lowest BCUT2D eigenvalue weighted by Gasteiger charge is -2.44. The zero-order valence-corrected chi connectivity index (χ0v) is 11.7. The number of rotatable bonds is 2. The molecule has 1 saturated heterocycles. The molecule has 0 radical (unpaired) electrons. The van der Waals surface area contributed by atoms with Gasteiger partial charge in [-0.2, -0.15) is 0 Å². The van der Waals surface area contributed by atoms with E-state index in [2.05, 4.69) is 0 Å². The Morgan fingerprint density at radius 2 is 1.65 bits per heavy atom. The number of piperidine rings is 1. The second kappa shape index (κ2) is 4.25. The van der Waals surface area contributed by atoms with E-state index in [9.17, 15) is 9.90 Å². The first-order valence-electron chi connectivity index (χ1n) is 6.28. The highest BCUT2D eigenvalue weighted by Crippen LogP contribution is 2.32. The molecule has 1 aliphatic heterocycles. The molecule has 0 aromatic heterocycles. The van der Waals surface area contributed by atoms with Crippen LogP contribution in [0.1, 0.15) is 47.5 Å². The Kier molecular flexibility index (Phi) is 3.61. The Hall–Kier alpha value is -0.610. The Morgan fingerprint density at radius 1 is 1.24 bits per heavy atom. The fourth-order valence-electron chi connectivity index (χ4n) is 1.86. The van der Waals surface area contributed by atoms with Gasteiger partial charge in [0, 0.05) is 18.6 Å². The van der Waals surface area contributed by atoms with Crippen LogP contribution in [0.25, 0.3) is 0 Å². The summed E-state index contributed by atoms with van der Waals surface area (Å²) in [6, 6.07) is 0. The van der Waals surface area contributed by atoms with Gasteiger partial charge in [0.1, 0.15) is 0 Å². The molecule has 4 heteroatoms. The second-order valence-corrected chi connectivity index (χ2v) is 6.64. The first-order valence-corrected chi connectivity index (χ1v) is 6.28. The largest absolute Gasteiger partial charge is 0.390 e. The van der Waals surface area contributed by atoms with Gasteiger partial charge in [0.15, 0.2) is 0 Å². The number of nitrogens with zero attached hydrogens (tertiary/aromatic N) is 1. The van der Waals surface area contributed by atoms with Gasteiger partial charge < -0.3 is 15.7 Å². The van der Waals surface area contributed by atoms with Gasteiger partial charge in [0.2, 0.25) is 5.91 Å². The van der Waals surface area contributed by atoms with Gasteiger partial charge in [-0.15, -0.1) is 0 Å². The Morgan fingerprint density at radius 3 is 2.00 bits per heavy atom. The average Bonchev–Trinajstić information content (AvgIpc) is 2.15. The maximum Gasteiger partial charge on any atom is 0.230 e. The van der Waals surface area contributed by atoms with Crippen LogP contribution in [0.3, 0.4) is 0 Å². The topological polar surface area (TPSA) is 66.6 Å². The fourth-order valence-corrected chi connectivity index (χ4v) is 1.86. The van der Waals surface area contributed by atoms with E-state index >= 15 is 0 Å². The van der Waals surface area contributed by atoms with E-state index in [0.717, 1.165) is 0 Å². The molecule has 0 spiro atoms. The third-order valence-corrected chi connectivity index (χ3v) is 4.27. The SMILES string of the molecule is CC1(O)CCN(C(=O)C(C)(C)C(C)(C)N)CC1. The number of hydrogen-bond acceptors (Lipinski definition) is 3. The minimum absolute atomic E-state index is 0.0838. The van der Waals surface area contributed by atoms with Gasteiger partial charge in [-0.3, -0.25) is 4.79 Å². The molecule has 0 atom stereocenters. The quantitative estimate of drug-likeness (QED) is 0.762. The zero-order chi connectivity index (χ0) is 13.5. The predicted octanol–water partition coefficient (Wildman–Crippen LogP) is 1.12. The van der Waals surface area contributed by atoms with Crippen molar-refractivity contribution in [3.8, 4) is 0 Å². The van der Waals surface area contributed by atoms with Crippen molar-refractivity contribution < 1.29 is 9.90 Å². The third-order valence-electron chi connectivity index (χ3n) is 4.27. The number of likely N-dealkylation sites (tertiary alicyclic amines) is 1. The molecule has 100 valence electrons. The molecule has 0 aromatic carbocycles. The number of hydrogen-bond donors (Lipinski definition) is 2. The highest BCUT2D eigenvalue weighted by Gasteiger charge is 2.44. The van der Waals surface area contributed by atoms with E-state index in [1.807, 2.05) is 39.5 Å². The van der Waals surface area contributed by atoms with Gasteiger partial charge in [-0.05, 0) is 47.5 Å². The summed E-state index contributed by atoms with van der Waals surface area (Å²) in [5.41, 5.74) is 4.31. The summed E-state index contributed by atoms with van der Waals surface area (Å²) >= 11 is 0. The molecule has 1 rings (SSSR count). The summed E-state index contributed by atoms with van der Waals surface area (Å²) in [7, 11) is 0. The number of amides is 1. The molecule has 1 amide bonds. The highest BCUT2D eigenvalue weighted by atomic mass is 16.3. The summed E-state index contributed by atoms with van der Waals surface area (Å²) in [4.78, 5) is 14.3. The normalized spacial score (nSPS) is 21.5. The molecule has 0 saturated carbocycles. The van der Waals surface area contributed by atoms with Crippen molar-refractivity contribution in [2.45, 2.75) is 58.6 Å². The van der Waals surface area contributed by atoms with E-state index in [4.69, 9.17) is 5.73 Å². The molecule has 17 heavy (non-hydrogen) atoms. The molecule has 0 aliphatic carbocycles. The molecule has 1 fully saturated rings. The number of carbonyl (C=O) groups is 1. The maximum atomic E-state index is 12.4. The average molecular weight is 242 g/mol. The standard InChI is InChI=1S/C13H26N2O2/c1-11(2,12(3,4)14)10(16)15-8-6-13(5,17)7-9-15/h17H,6-9,14H2,1-5H3. The highest BCUT2D eigenvalue weighted by molar-refractivity contribution is 5.83. The number of carbonyl (C=O) groups excluding carboxylic acids is 1. The minimum Gasteiger partial charge on any atom is -0.390 e. The van der Waals surface area contributed by atoms with E-state index in [1.165, 1.54) is 0 Å². The summed E-state index contributed by atoms with van der Waals surface area (Å²) in [6.07, 6.45) is 1.28. The summed E-state index contributed by atoms with van der Waals surface area (Å²) in [5.74, 6) is 0.0838. The predicted molar refractivity (Wildman–Crippen MR) is 68.5 cm³/mol. The lowest BCUT2D eigenvalue weighted by Crippen LogP contribution is -2.58. The van der Waals surface area contributed by atoms with Crippen molar-refractivity contribution >= 4 is 5.91 Å². The third kappa shape index (κ3) is 2.99. The van der Waals surface area contributed by atoms with Crippen LogP contribution in [0.4, 0.5) is 0 Å². The van der Waals surface area contributed by atoms with Crippen molar-refractivity contribution in [3.63, 3.8) is 0 Å². The van der Waals surface area contributed by atoms with Crippen LogP contribution in [-0.4, -0.2) is 40.1 Å². The maximum absolute atomic E-state index is 12.4. The van der Waals surface area contributed by atoms with Gasteiger partial charge >= 0.3 is 0 Å². The molecule has 0 unspecified atom stereocenters. The lowest BCUT2D eigenvalue weighted by atomic mass is 9.73. The monoisotopic (exact) mass is 242 g/mol. The van der Waals surface area contributed by atoms with E-state index in [1.54, 1.807) is 0 Å². The van der Waals surface area contributed by atoms with Crippen LogP contribution >= 0.6 is 0 Å². The van der Waals surface area contributed by atoms with Crippen LogP contribution in [0.15, 0.2) is 0 Å². The first-order chi connectivity index (χ1) is 7.47. The smallest absolute Gasteiger partial charge is 0.230 e. The van der Waals surface area contributed by atoms with Crippen molar-refractivity contribution in [3.05, 3.63) is 0 Å². The second-order valence-electron chi connectivity index (χ2n) is 6.64. The molecule has 0 bridgehead atoms. The number of aliphatic hydroxyl groups is 1. The summed E-state index contributed by atoms with van der Waals surface area (Å²) < 4.78 is 0. The van der Waals surface area contributed by atoms with Crippen LogP contribution in [0.5, 0.6) is 0 Å². The van der Waals surface area contributed by atoms with E-state index in [0.29, 0.717) is 25.9 Å². The van der Waals surface area contributed by atoms with Crippen LogP contribution in [-0.2, 0) is 4.79 Å². The molecule has 1 heterocycles. The summed E-state index contributed by atoms with van der Waals surface area (Å²) in [6.45, 7) is 10.6. The van der Waals surface area contributed by atoms with Crippen LogP contribution in [0, 0.1) is 5.41 Å². The van der Waals surface area contributed by atoms with Crippen LogP contribution in [0.2, 0.25) is 0 Å². The molecular weight excluding hydrogens is 216 g/mol.